The van der Waals surface area contributed by atoms with E-state index in [1.165, 1.54) is 24.9 Å². The molecular formula is C15H22BCl2N-. The van der Waals surface area contributed by atoms with E-state index in [-0.39, 0.29) is 11.1 Å². The van der Waals surface area contributed by atoms with Gasteiger partial charge in [0, 0.05) is 16.8 Å². The summed E-state index contributed by atoms with van der Waals surface area (Å²) in [5, 5.41) is 0. The molecule has 1 aromatic carbocycles. The lowest BCUT2D eigenvalue weighted by Gasteiger charge is -2.56. The smallest absolute Gasteiger partial charge is 0.0991 e. The maximum Gasteiger partial charge on any atom is 0.0991 e. The summed E-state index contributed by atoms with van der Waals surface area (Å²) in [5.41, 5.74) is 1.95. The predicted molar refractivity (Wildman–Crippen MR) is 88.0 cm³/mol. The Hall–Kier alpha value is -0.335. The van der Waals surface area contributed by atoms with Crippen LogP contribution in [0.5, 0.6) is 0 Å². The quantitative estimate of drug-likeness (QED) is 0.731. The fourth-order valence-electron chi connectivity index (χ4n) is 3.52. The Kier molecular flexibility index (Phi) is 4.14. The highest BCUT2D eigenvalue weighted by Gasteiger charge is 2.41. The van der Waals surface area contributed by atoms with Gasteiger partial charge in [0.15, 0.2) is 0 Å². The van der Waals surface area contributed by atoms with Gasteiger partial charge in [-0.3, -0.25) is 0 Å². The zero-order chi connectivity index (χ0) is 14.3. The Morgan fingerprint density at radius 3 is 2.05 bits per heavy atom. The lowest BCUT2D eigenvalue weighted by atomic mass is 9.77. The van der Waals surface area contributed by atoms with Crippen molar-refractivity contribution in [3.05, 3.63) is 24.3 Å². The molecule has 1 fully saturated rings. The van der Waals surface area contributed by atoms with E-state index in [2.05, 4.69) is 44.7 Å². The number of para-hydroxylation sites is 1. The van der Waals surface area contributed by atoms with Gasteiger partial charge in [-0.2, -0.15) is 5.46 Å². The molecule has 0 bridgehead atoms. The van der Waals surface area contributed by atoms with Crippen LogP contribution in [0.15, 0.2) is 24.3 Å². The maximum absolute atomic E-state index is 6.15. The summed E-state index contributed by atoms with van der Waals surface area (Å²) in [4.78, 5) is 2.51. The average Bonchev–Trinajstić information content (AvgIpc) is 2.26. The van der Waals surface area contributed by atoms with E-state index in [1.54, 1.807) is 0 Å². The first-order valence-electron chi connectivity index (χ1n) is 6.93. The molecule has 0 atom stereocenters. The van der Waals surface area contributed by atoms with Crippen LogP contribution in [-0.4, -0.2) is 16.6 Å². The van der Waals surface area contributed by atoms with Crippen LogP contribution >= 0.6 is 22.9 Å². The van der Waals surface area contributed by atoms with Crippen molar-refractivity contribution in [1.29, 1.82) is 0 Å². The fraction of sp³-hybridized carbons (Fsp3) is 0.600. The molecule has 2 rings (SSSR count). The Bertz CT molecular complexity index is 441. The third kappa shape index (κ3) is 2.90. The first-order chi connectivity index (χ1) is 8.76. The largest absolute Gasteiger partial charge is 0.403 e. The summed E-state index contributed by atoms with van der Waals surface area (Å²) in [6.07, 6.45) is 3.66. The van der Waals surface area contributed by atoms with Crippen molar-refractivity contribution in [1.82, 2.24) is 0 Å². The van der Waals surface area contributed by atoms with Crippen LogP contribution in [0.25, 0.3) is 0 Å². The third-order valence-electron chi connectivity index (χ3n) is 4.20. The number of benzene rings is 1. The summed E-state index contributed by atoms with van der Waals surface area (Å²) in [7, 11) is 0. The molecule has 0 N–H and O–H groups in total. The summed E-state index contributed by atoms with van der Waals surface area (Å²) < 4.78 is 0. The fourth-order valence-corrected chi connectivity index (χ4v) is 3.89. The Balaban J connectivity index is 2.54. The zero-order valence-corrected chi connectivity index (χ0v) is 13.7. The van der Waals surface area contributed by atoms with Crippen LogP contribution < -0.4 is 10.4 Å². The van der Waals surface area contributed by atoms with Gasteiger partial charge in [-0.1, -0.05) is 18.2 Å². The maximum atomic E-state index is 6.15. The normalized spacial score (nSPS) is 21.7. The monoisotopic (exact) mass is 297 g/mol. The molecule has 1 heterocycles. The molecule has 0 aromatic heterocycles. The second kappa shape index (κ2) is 5.22. The number of rotatable bonds is 2. The Morgan fingerprint density at radius 2 is 1.53 bits per heavy atom. The minimum absolute atomic E-state index is 0.126. The van der Waals surface area contributed by atoms with Crippen molar-refractivity contribution in [2.45, 2.75) is 58.0 Å². The van der Waals surface area contributed by atoms with Gasteiger partial charge in [-0.15, -0.1) is 0 Å². The van der Waals surface area contributed by atoms with Crippen molar-refractivity contribution in [2.24, 2.45) is 0 Å². The van der Waals surface area contributed by atoms with Crippen molar-refractivity contribution >= 4 is 39.6 Å². The van der Waals surface area contributed by atoms with E-state index in [0.29, 0.717) is 0 Å². The Labute approximate surface area is 127 Å². The summed E-state index contributed by atoms with van der Waals surface area (Å²) in [6.45, 7) is 9.23. The van der Waals surface area contributed by atoms with Crippen LogP contribution in [-0.2, 0) is 0 Å². The highest BCUT2D eigenvalue weighted by molar-refractivity contribution is 7.39. The van der Waals surface area contributed by atoms with Gasteiger partial charge in [0.1, 0.15) is 0 Å². The molecule has 105 valence electrons. The second-order valence-corrected chi connectivity index (χ2v) is 7.77. The molecule has 1 aromatic rings. The van der Waals surface area contributed by atoms with Gasteiger partial charge in [0.05, 0.1) is 5.54 Å². The number of anilines is 1. The van der Waals surface area contributed by atoms with Gasteiger partial charge in [-0.05, 0) is 53.0 Å². The molecule has 0 amide bonds. The molecule has 0 unspecified atom stereocenters. The molecule has 1 aliphatic heterocycles. The summed E-state index contributed by atoms with van der Waals surface area (Å²) in [5.74, 6) is 0. The van der Waals surface area contributed by atoms with Crippen LogP contribution in [0.3, 0.4) is 0 Å². The molecule has 1 radical (unpaired) electrons. The molecule has 0 spiro atoms. The molecule has 0 saturated carbocycles. The van der Waals surface area contributed by atoms with E-state index in [0.717, 1.165) is 5.46 Å². The van der Waals surface area contributed by atoms with Gasteiger partial charge in [-0.25, -0.2) is 0 Å². The molecule has 1 aliphatic rings. The van der Waals surface area contributed by atoms with Gasteiger partial charge >= 0.3 is 0 Å². The van der Waals surface area contributed by atoms with Crippen molar-refractivity contribution in [3.63, 3.8) is 0 Å². The number of piperidine rings is 1. The predicted octanol–water partition coefficient (Wildman–Crippen LogP) is 4.41. The highest BCUT2D eigenvalue weighted by Crippen LogP contribution is 2.41. The summed E-state index contributed by atoms with van der Waals surface area (Å²) >= 11 is 12.3. The number of hydrogen-bond acceptors (Lipinski definition) is 1. The van der Waals surface area contributed by atoms with Crippen molar-refractivity contribution in [3.8, 4) is 0 Å². The van der Waals surface area contributed by atoms with Crippen molar-refractivity contribution in [2.75, 3.05) is 4.90 Å². The lowest BCUT2D eigenvalue weighted by molar-refractivity contribution is 0.244. The minimum Gasteiger partial charge on any atom is -0.403 e. The zero-order valence-electron chi connectivity index (χ0n) is 12.2. The first-order valence-corrected chi connectivity index (χ1v) is 7.80. The molecule has 1 saturated heterocycles. The second-order valence-electron chi connectivity index (χ2n) is 6.67. The standard InChI is InChI=1S/C15H22BCl2N/c1-14(2)10-7-11-15(3,4)19(14)13-9-6-5-8-12(13)16(17)18/h5-6,8-9H,7,10-11H2,1-4H3/q-1. The average molecular weight is 298 g/mol. The van der Waals surface area contributed by atoms with Crippen LogP contribution in [0.4, 0.5) is 5.69 Å². The first kappa shape index (κ1) is 15.1. The molecular weight excluding hydrogens is 276 g/mol. The topological polar surface area (TPSA) is 3.24 Å². The van der Waals surface area contributed by atoms with Crippen LogP contribution in [0.1, 0.15) is 47.0 Å². The van der Waals surface area contributed by atoms with E-state index in [1.807, 2.05) is 12.1 Å². The van der Waals surface area contributed by atoms with E-state index in [9.17, 15) is 0 Å². The highest BCUT2D eigenvalue weighted by atomic mass is 35.5. The van der Waals surface area contributed by atoms with Gasteiger partial charge in [0.25, 0.3) is 0 Å². The summed E-state index contributed by atoms with van der Waals surface area (Å²) in [6, 6.07) is 8.24. The Morgan fingerprint density at radius 1 is 1.00 bits per heavy atom. The number of halogens is 2. The van der Waals surface area contributed by atoms with Gasteiger partial charge in [0.2, 0.25) is 0 Å². The van der Waals surface area contributed by atoms with E-state index < -0.39 is 5.54 Å². The molecule has 4 heteroatoms. The minimum atomic E-state index is -0.482. The third-order valence-corrected chi connectivity index (χ3v) is 4.67. The van der Waals surface area contributed by atoms with Crippen molar-refractivity contribution < 1.29 is 0 Å². The van der Waals surface area contributed by atoms with Gasteiger partial charge < -0.3 is 27.8 Å². The molecule has 1 nitrogen and oxygen atoms in total. The number of nitrogens with zero attached hydrogens (tertiary/aromatic N) is 1. The molecule has 19 heavy (non-hydrogen) atoms. The van der Waals surface area contributed by atoms with Crippen LogP contribution in [0.2, 0.25) is 0 Å². The van der Waals surface area contributed by atoms with Crippen LogP contribution in [0, 0.1) is 0 Å². The number of hydrogen-bond donors (Lipinski definition) is 0. The van der Waals surface area contributed by atoms with E-state index >= 15 is 0 Å². The SMILES string of the molecule is CC1(C)CCCC(C)(C)N1c1ccccc1[B-](Cl)Cl. The lowest BCUT2D eigenvalue weighted by Crippen LogP contribution is -2.60. The van der Waals surface area contributed by atoms with E-state index in [4.69, 9.17) is 22.9 Å². The molecule has 0 aliphatic carbocycles.